The molecule has 1 amide bonds. The van der Waals surface area contributed by atoms with Crippen LogP contribution in [0.5, 0.6) is 0 Å². The van der Waals surface area contributed by atoms with Gasteiger partial charge in [0.25, 0.3) is 0 Å². The van der Waals surface area contributed by atoms with Gasteiger partial charge < -0.3 is 14.1 Å². The standard InChI is InChI=1S/C16H16ClFN2O3/c1-22-9-15-19-13-8-20(5-4-14(13)23-15)16(21)6-10-2-3-11(18)7-12(10)17/h2-3,7H,4-6,8-9H2,1H3. The van der Waals surface area contributed by atoms with Crippen LogP contribution in [-0.4, -0.2) is 29.4 Å². The van der Waals surface area contributed by atoms with E-state index in [9.17, 15) is 9.18 Å². The van der Waals surface area contributed by atoms with Crippen LogP contribution >= 0.6 is 11.6 Å². The van der Waals surface area contributed by atoms with E-state index in [-0.39, 0.29) is 17.4 Å². The number of amides is 1. The molecule has 0 unspecified atom stereocenters. The Balaban J connectivity index is 1.69. The monoisotopic (exact) mass is 338 g/mol. The highest BCUT2D eigenvalue weighted by molar-refractivity contribution is 6.31. The molecule has 5 nitrogen and oxygen atoms in total. The summed E-state index contributed by atoms with van der Waals surface area (Å²) in [6.45, 7) is 1.28. The minimum absolute atomic E-state index is 0.0690. The van der Waals surface area contributed by atoms with Crippen molar-refractivity contribution >= 4 is 17.5 Å². The summed E-state index contributed by atoms with van der Waals surface area (Å²) in [6, 6.07) is 4.06. The topological polar surface area (TPSA) is 55.6 Å². The maximum atomic E-state index is 13.1. The van der Waals surface area contributed by atoms with Crippen molar-refractivity contribution in [1.82, 2.24) is 9.88 Å². The Kier molecular flexibility index (Phi) is 4.63. The molecule has 0 bridgehead atoms. The Morgan fingerprint density at radius 3 is 3.09 bits per heavy atom. The first-order chi connectivity index (χ1) is 11.1. The maximum absolute atomic E-state index is 13.1. The normalized spacial score (nSPS) is 14.0. The zero-order chi connectivity index (χ0) is 16.4. The molecule has 7 heteroatoms. The van der Waals surface area contributed by atoms with E-state index < -0.39 is 5.82 Å². The molecule has 0 saturated heterocycles. The largest absolute Gasteiger partial charge is 0.443 e. The van der Waals surface area contributed by atoms with E-state index in [0.29, 0.717) is 37.6 Å². The van der Waals surface area contributed by atoms with Crippen molar-refractivity contribution in [2.45, 2.75) is 26.0 Å². The quantitative estimate of drug-likeness (QED) is 0.860. The molecule has 0 spiro atoms. The molecule has 1 aromatic heterocycles. The van der Waals surface area contributed by atoms with Crippen LogP contribution in [0, 0.1) is 5.82 Å². The zero-order valence-electron chi connectivity index (χ0n) is 12.6. The van der Waals surface area contributed by atoms with Crippen LogP contribution < -0.4 is 0 Å². The number of halogens is 2. The van der Waals surface area contributed by atoms with Crippen LogP contribution in [0.2, 0.25) is 5.02 Å². The van der Waals surface area contributed by atoms with E-state index in [4.69, 9.17) is 20.8 Å². The molecule has 0 aliphatic carbocycles. The predicted molar refractivity (Wildman–Crippen MR) is 81.5 cm³/mol. The minimum atomic E-state index is -0.415. The Hall–Kier alpha value is -1.92. The maximum Gasteiger partial charge on any atom is 0.227 e. The Labute approximate surface area is 138 Å². The van der Waals surface area contributed by atoms with Gasteiger partial charge >= 0.3 is 0 Å². The van der Waals surface area contributed by atoms with Gasteiger partial charge in [-0.15, -0.1) is 0 Å². The predicted octanol–water partition coefficient (Wildman–Crippen LogP) is 2.74. The van der Waals surface area contributed by atoms with Crippen molar-refractivity contribution in [3.8, 4) is 0 Å². The molecule has 122 valence electrons. The van der Waals surface area contributed by atoms with Crippen LogP contribution in [0.3, 0.4) is 0 Å². The van der Waals surface area contributed by atoms with Crippen molar-refractivity contribution in [3.63, 3.8) is 0 Å². The summed E-state index contributed by atoms with van der Waals surface area (Å²) in [4.78, 5) is 18.5. The number of methoxy groups -OCH3 is 1. The first kappa shape index (κ1) is 16.0. The van der Waals surface area contributed by atoms with Gasteiger partial charge in [-0.3, -0.25) is 4.79 Å². The van der Waals surface area contributed by atoms with E-state index in [2.05, 4.69) is 4.98 Å². The first-order valence-corrected chi connectivity index (χ1v) is 7.62. The van der Waals surface area contributed by atoms with Crippen LogP contribution in [-0.2, 0) is 35.5 Å². The third kappa shape index (κ3) is 3.54. The van der Waals surface area contributed by atoms with Crippen molar-refractivity contribution in [2.75, 3.05) is 13.7 Å². The van der Waals surface area contributed by atoms with Crippen molar-refractivity contribution in [2.24, 2.45) is 0 Å². The Morgan fingerprint density at radius 2 is 2.35 bits per heavy atom. The summed E-state index contributed by atoms with van der Waals surface area (Å²) in [6.07, 6.45) is 0.756. The number of hydrogen-bond acceptors (Lipinski definition) is 4. The molecule has 2 heterocycles. The van der Waals surface area contributed by atoms with E-state index in [1.165, 1.54) is 18.2 Å². The highest BCUT2D eigenvalue weighted by atomic mass is 35.5. The van der Waals surface area contributed by atoms with Crippen LogP contribution in [0.25, 0.3) is 0 Å². The molecule has 0 N–H and O–H groups in total. The van der Waals surface area contributed by atoms with Gasteiger partial charge in [-0.1, -0.05) is 17.7 Å². The van der Waals surface area contributed by atoms with Crippen molar-refractivity contribution in [1.29, 1.82) is 0 Å². The molecule has 1 aliphatic rings. The second kappa shape index (κ2) is 6.68. The number of fused-ring (bicyclic) bond motifs is 1. The average molecular weight is 339 g/mol. The second-order valence-corrected chi connectivity index (χ2v) is 5.80. The molecular formula is C16H16ClFN2O3. The molecule has 0 radical (unpaired) electrons. The Bertz CT molecular complexity index is 732. The van der Waals surface area contributed by atoms with Gasteiger partial charge in [0.05, 0.1) is 13.0 Å². The lowest BCUT2D eigenvalue weighted by atomic mass is 10.1. The zero-order valence-corrected chi connectivity index (χ0v) is 13.4. The molecule has 2 aromatic rings. The molecule has 3 rings (SSSR count). The number of oxazole rings is 1. The summed E-state index contributed by atoms with van der Waals surface area (Å²) in [7, 11) is 1.57. The molecule has 0 fully saturated rings. The van der Waals surface area contributed by atoms with Gasteiger partial charge in [-0.05, 0) is 17.7 Å². The number of rotatable bonds is 4. The summed E-state index contributed by atoms with van der Waals surface area (Å²) in [5, 5.41) is 0.264. The molecular weight excluding hydrogens is 323 g/mol. The minimum Gasteiger partial charge on any atom is -0.443 e. The highest BCUT2D eigenvalue weighted by Gasteiger charge is 2.25. The van der Waals surface area contributed by atoms with Gasteiger partial charge in [-0.2, -0.15) is 0 Å². The number of hydrogen-bond donors (Lipinski definition) is 0. The van der Waals surface area contributed by atoms with Crippen molar-refractivity contribution in [3.05, 3.63) is 51.9 Å². The third-order valence-corrected chi connectivity index (χ3v) is 4.10. The number of carbonyl (C=O) groups is 1. The van der Waals surface area contributed by atoms with Crippen LogP contribution in [0.1, 0.15) is 22.9 Å². The number of aromatic nitrogens is 1. The summed E-state index contributed by atoms with van der Waals surface area (Å²) in [5.41, 5.74) is 1.38. The van der Waals surface area contributed by atoms with Crippen molar-refractivity contribution < 1.29 is 18.3 Å². The van der Waals surface area contributed by atoms with Gasteiger partial charge in [0.15, 0.2) is 0 Å². The lowest BCUT2D eigenvalue weighted by molar-refractivity contribution is -0.131. The fraction of sp³-hybridized carbons (Fsp3) is 0.375. The summed E-state index contributed by atoms with van der Waals surface area (Å²) >= 11 is 5.98. The van der Waals surface area contributed by atoms with Gasteiger partial charge in [0.2, 0.25) is 11.8 Å². The fourth-order valence-corrected chi connectivity index (χ4v) is 2.82. The van der Waals surface area contributed by atoms with E-state index >= 15 is 0 Å². The van der Waals surface area contributed by atoms with Gasteiger partial charge in [0.1, 0.15) is 23.9 Å². The molecule has 0 saturated carbocycles. The molecule has 23 heavy (non-hydrogen) atoms. The van der Waals surface area contributed by atoms with Gasteiger partial charge in [-0.25, -0.2) is 9.37 Å². The number of benzene rings is 1. The summed E-state index contributed by atoms with van der Waals surface area (Å²) < 4.78 is 23.6. The highest BCUT2D eigenvalue weighted by Crippen LogP contribution is 2.23. The SMILES string of the molecule is COCc1nc2c(o1)CCN(C(=O)Cc1ccc(F)cc1Cl)C2. The lowest BCUT2D eigenvalue weighted by Crippen LogP contribution is -2.36. The van der Waals surface area contributed by atoms with E-state index in [1.807, 2.05) is 0 Å². The third-order valence-electron chi connectivity index (χ3n) is 3.75. The first-order valence-electron chi connectivity index (χ1n) is 7.25. The molecule has 1 aromatic carbocycles. The average Bonchev–Trinajstić information content (AvgIpc) is 2.91. The number of carbonyl (C=O) groups excluding carboxylic acids is 1. The molecule has 1 aliphatic heterocycles. The lowest BCUT2D eigenvalue weighted by Gasteiger charge is -2.25. The molecule has 0 atom stereocenters. The summed E-state index contributed by atoms with van der Waals surface area (Å²) in [5.74, 6) is 0.844. The fourth-order valence-electron chi connectivity index (χ4n) is 2.59. The van der Waals surface area contributed by atoms with Gasteiger partial charge in [0, 0.05) is 25.1 Å². The van der Waals surface area contributed by atoms with E-state index in [0.717, 1.165) is 11.5 Å². The Morgan fingerprint density at radius 1 is 1.52 bits per heavy atom. The number of nitrogens with zero attached hydrogens (tertiary/aromatic N) is 2. The van der Waals surface area contributed by atoms with Crippen LogP contribution in [0.4, 0.5) is 4.39 Å². The smallest absolute Gasteiger partial charge is 0.227 e. The number of ether oxygens (including phenoxy) is 1. The van der Waals surface area contributed by atoms with E-state index in [1.54, 1.807) is 12.0 Å². The second-order valence-electron chi connectivity index (χ2n) is 5.39. The van der Waals surface area contributed by atoms with Crippen LogP contribution in [0.15, 0.2) is 22.6 Å².